The third-order valence-corrected chi connectivity index (χ3v) is 4.67. The highest BCUT2D eigenvalue weighted by Gasteiger charge is 2.23. The molecule has 0 fully saturated rings. The molecule has 8 heteroatoms. The van der Waals surface area contributed by atoms with Crippen LogP contribution in [0.1, 0.15) is 6.92 Å². The Morgan fingerprint density at radius 3 is 2.60 bits per heavy atom. The molecule has 0 spiro atoms. The largest absolute Gasteiger partial charge is 0.495 e. The molecule has 1 amide bonds. The monoisotopic (exact) mass is 320 g/mol. The van der Waals surface area contributed by atoms with Crippen LogP contribution < -0.4 is 10.1 Å². The lowest BCUT2D eigenvalue weighted by molar-refractivity contribution is -0.121. The predicted octanol–water partition coefficient (Wildman–Crippen LogP) is 1.11. The Morgan fingerprint density at radius 1 is 1.45 bits per heavy atom. The molecule has 6 nitrogen and oxygen atoms in total. The highest BCUT2D eigenvalue weighted by atomic mass is 35.5. The van der Waals surface area contributed by atoms with Gasteiger partial charge in [0.1, 0.15) is 5.75 Å². The number of ether oxygens (including phenoxy) is 1. The summed E-state index contributed by atoms with van der Waals surface area (Å²) in [7, 11) is -0.990. The normalized spacial score (nSPS) is 11.4. The van der Waals surface area contributed by atoms with Gasteiger partial charge in [-0.15, -0.1) is 0 Å². The number of nitrogens with one attached hydrogen (secondary N) is 1. The van der Waals surface area contributed by atoms with E-state index in [4.69, 9.17) is 16.3 Å². The van der Waals surface area contributed by atoms with Crippen molar-refractivity contribution in [2.45, 2.75) is 11.8 Å². The van der Waals surface area contributed by atoms with Gasteiger partial charge < -0.3 is 10.1 Å². The molecule has 0 heterocycles. The Labute approximate surface area is 123 Å². The number of carbonyl (C=O) groups is 1. The van der Waals surface area contributed by atoms with Crippen molar-refractivity contribution < 1.29 is 17.9 Å². The second-order valence-corrected chi connectivity index (χ2v) is 6.46. The number of nitrogens with zero attached hydrogens (tertiary/aromatic N) is 1. The Morgan fingerprint density at radius 2 is 2.10 bits per heavy atom. The lowest BCUT2D eigenvalue weighted by Crippen LogP contribution is -2.38. The van der Waals surface area contributed by atoms with Crippen molar-refractivity contribution >= 4 is 27.5 Å². The molecule has 0 aliphatic heterocycles. The number of halogens is 1. The molecular formula is C12H17ClN2O4S. The molecule has 0 aliphatic rings. The highest BCUT2D eigenvalue weighted by Crippen LogP contribution is 2.27. The van der Waals surface area contributed by atoms with Crippen molar-refractivity contribution in [1.82, 2.24) is 9.62 Å². The fourth-order valence-electron chi connectivity index (χ4n) is 1.53. The van der Waals surface area contributed by atoms with Crippen LogP contribution in [-0.2, 0) is 14.8 Å². The number of hydrogen-bond donors (Lipinski definition) is 1. The van der Waals surface area contributed by atoms with Crippen LogP contribution in [0.3, 0.4) is 0 Å². The number of benzene rings is 1. The number of likely N-dealkylation sites (N-methyl/N-ethyl adjacent to an activating group) is 2. The van der Waals surface area contributed by atoms with Crippen LogP contribution in [0.2, 0.25) is 5.02 Å². The van der Waals surface area contributed by atoms with E-state index in [0.717, 1.165) is 4.31 Å². The zero-order valence-electron chi connectivity index (χ0n) is 11.5. The number of rotatable bonds is 6. The van der Waals surface area contributed by atoms with Crippen molar-refractivity contribution in [1.29, 1.82) is 0 Å². The van der Waals surface area contributed by atoms with E-state index >= 15 is 0 Å². The minimum Gasteiger partial charge on any atom is -0.495 e. The second kappa shape index (κ2) is 6.92. The fraction of sp³-hybridized carbons (Fsp3) is 0.417. The molecule has 0 atom stereocenters. The summed E-state index contributed by atoms with van der Waals surface area (Å²) in [6.45, 7) is 1.95. The van der Waals surface area contributed by atoms with Gasteiger partial charge in [-0.3, -0.25) is 4.79 Å². The topological polar surface area (TPSA) is 75.7 Å². The van der Waals surface area contributed by atoms with Gasteiger partial charge in [-0.2, -0.15) is 4.31 Å². The Bertz CT molecular complexity index is 589. The first-order chi connectivity index (χ1) is 9.32. The summed E-state index contributed by atoms with van der Waals surface area (Å²) < 4.78 is 30.5. The molecule has 0 saturated carbocycles. The van der Waals surface area contributed by atoms with Crippen molar-refractivity contribution in [3.05, 3.63) is 23.2 Å². The van der Waals surface area contributed by atoms with E-state index in [-0.39, 0.29) is 22.4 Å². The summed E-state index contributed by atoms with van der Waals surface area (Å²) in [5.74, 6) is 0.0233. The lowest BCUT2D eigenvalue weighted by Gasteiger charge is -2.17. The summed E-state index contributed by atoms with van der Waals surface area (Å²) in [4.78, 5) is 11.4. The molecular weight excluding hydrogens is 304 g/mol. The number of hydrogen-bond acceptors (Lipinski definition) is 4. The maximum atomic E-state index is 12.3. The molecule has 0 radical (unpaired) electrons. The highest BCUT2D eigenvalue weighted by molar-refractivity contribution is 7.89. The van der Waals surface area contributed by atoms with Crippen molar-refractivity contribution in [3.8, 4) is 5.75 Å². The minimum absolute atomic E-state index is 0.00935. The summed E-state index contributed by atoms with van der Waals surface area (Å²) >= 11 is 5.91. The average molecular weight is 321 g/mol. The zero-order chi connectivity index (χ0) is 15.3. The molecule has 0 saturated heterocycles. The van der Waals surface area contributed by atoms with Crippen molar-refractivity contribution in [3.63, 3.8) is 0 Å². The predicted molar refractivity (Wildman–Crippen MR) is 76.5 cm³/mol. The van der Waals surface area contributed by atoms with Gasteiger partial charge in [0.15, 0.2) is 0 Å². The van der Waals surface area contributed by atoms with Crippen LogP contribution in [-0.4, -0.2) is 45.9 Å². The van der Waals surface area contributed by atoms with Gasteiger partial charge in [0.2, 0.25) is 15.9 Å². The Kier molecular flexibility index (Phi) is 5.79. The van der Waals surface area contributed by atoms with E-state index in [1.54, 1.807) is 6.92 Å². The van der Waals surface area contributed by atoms with Crippen LogP contribution >= 0.6 is 11.6 Å². The number of carbonyl (C=O) groups excluding carboxylic acids is 1. The number of methoxy groups -OCH3 is 1. The van der Waals surface area contributed by atoms with E-state index < -0.39 is 10.0 Å². The summed E-state index contributed by atoms with van der Waals surface area (Å²) in [5, 5.41) is 2.73. The molecule has 20 heavy (non-hydrogen) atoms. The number of amides is 1. The smallest absolute Gasteiger partial charge is 0.243 e. The van der Waals surface area contributed by atoms with Crippen molar-refractivity contribution in [2.75, 3.05) is 27.2 Å². The van der Waals surface area contributed by atoms with Gasteiger partial charge in [-0.1, -0.05) is 11.6 Å². The number of sulfonamides is 1. The van der Waals surface area contributed by atoms with Crippen LogP contribution in [0, 0.1) is 0 Å². The molecule has 0 unspecified atom stereocenters. The van der Waals surface area contributed by atoms with E-state index in [2.05, 4.69) is 5.32 Å². The van der Waals surface area contributed by atoms with E-state index in [1.807, 2.05) is 0 Å². The van der Waals surface area contributed by atoms with Crippen molar-refractivity contribution in [2.24, 2.45) is 0 Å². The molecule has 1 aromatic rings. The van der Waals surface area contributed by atoms with Gasteiger partial charge >= 0.3 is 0 Å². The van der Waals surface area contributed by atoms with E-state index in [1.165, 1.54) is 32.4 Å². The SMILES string of the molecule is CCNC(=O)CN(C)S(=O)(=O)c1ccc(OC)c(Cl)c1. The molecule has 1 rings (SSSR count). The Balaban J connectivity index is 2.98. The molecule has 1 aromatic carbocycles. The summed E-state index contributed by atoms with van der Waals surface area (Å²) in [6, 6.07) is 4.15. The zero-order valence-corrected chi connectivity index (χ0v) is 13.1. The third-order valence-electron chi connectivity index (χ3n) is 2.57. The van der Waals surface area contributed by atoms with E-state index in [9.17, 15) is 13.2 Å². The standard InChI is InChI=1S/C12H17ClN2O4S/c1-4-14-12(16)8-15(2)20(17,18)9-5-6-11(19-3)10(13)7-9/h5-7H,4,8H2,1-3H3,(H,14,16). The van der Waals surface area contributed by atoms with Crippen LogP contribution in [0.15, 0.2) is 23.1 Å². The molecule has 112 valence electrons. The van der Waals surface area contributed by atoms with Crippen LogP contribution in [0.5, 0.6) is 5.75 Å². The first-order valence-corrected chi connectivity index (χ1v) is 7.71. The van der Waals surface area contributed by atoms with E-state index in [0.29, 0.717) is 12.3 Å². The van der Waals surface area contributed by atoms with Gasteiger partial charge in [0, 0.05) is 13.6 Å². The third kappa shape index (κ3) is 3.84. The van der Waals surface area contributed by atoms with Gasteiger partial charge in [0.05, 0.1) is 23.6 Å². The second-order valence-electron chi connectivity index (χ2n) is 4.01. The molecule has 0 aliphatic carbocycles. The maximum absolute atomic E-state index is 12.3. The maximum Gasteiger partial charge on any atom is 0.243 e. The Hall–Kier alpha value is -1.31. The fourth-order valence-corrected chi connectivity index (χ4v) is 3.00. The average Bonchev–Trinajstić information content (AvgIpc) is 2.38. The molecule has 1 N–H and O–H groups in total. The lowest BCUT2D eigenvalue weighted by atomic mass is 10.3. The molecule has 0 bridgehead atoms. The van der Waals surface area contributed by atoms with Gasteiger partial charge in [-0.05, 0) is 25.1 Å². The summed E-state index contributed by atoms with van der Waals surface area (Å²) in [5.41, 5.74) is 0. The molecule has 0 aromatic heterocycles. The van der Waals surface area contributed by atoms with Crippen LogP contribution in [0.25, 0.3) is 0 Å². The minimum atomic E-state index is -3.77. The van der Waals surface area contributed by atoms with Gasteiger partial charge in [0.25, 0.3) is 0 Å². The summed E-state index contributed by atoms with van der Waals surface area (Å²) in [6.07, 6.45) is 0. The first kappa shape index (κ1) is 16.7. The van der Waals surface area contributed by atoms with Gasteiger partial charge in [-0.25, -0.2) is 8.42 Å². The first-order valence-electron chi connectivity index (χ1n) is 5.89. The van der Waals surface area contributed by atoms with Crippen LogP contribution in [0.4, 0.5) is 0 Å². The quantitative estimate of drug-likeness (QED) is 0.852.